The van der Waals surface area contributed by atoms with Gasteiger partial charge in [0.2, 0.25) is 5.91 Å². The van der Waals surface area contributed by atoms with Crippen molar-refractivity contribution in [3.63, 3.8) is 0 Å². The molecule has 0 saturated carbocycles. The number of carbonyl (C=O) groups is 2. The molecule has 0 atom stereocenters. The first kappa shape index (κ1) is 22.8. The number of nitrogens with zero attached hydrogens (tertiary/aromatic N) is 3. The average Bonchev–Trinajstić information content (AvgIpc) is 3.31. The zero-order chi connectivity index (χ0) is 23.8. The van der Waals surface area contributed by atoms with E-state index in [1.54, 1.807) is 4.68 Å². The molecule has 0 aliphatic heterocycles. The van der Waals surface area contributed by atoms with E-state index >= 15 is 0 Å². The molecule has 7 nitrogen and oxygen atoms in total. The molecule has 0 radical (unpaired) electrons. The van der Waals surface area contributed by atoms with Crippen molar-refractivity contribution in [3.8, 4) is 16.9 Å². The monoisotopic (exact) mass is 453 g/mol. The maximum Gasteiger partial charge on any atom is 0.318 e. The lowest BCUT2D eigenvalue weighted by Gasteiger charge is -2.21. The van der Waals surface area contributed by atoms with Crippen molar-refractivity contribution in [2.45, 2.75) is 13.5 Å². The van der Waals surface area contributed by atoms with E-state index in [0.29, 0.717) is 18.9 Å². The van der Waals surface area contributed by atoms with E-state index in [9.17, 15) is 9.59 Å². The molecule has 0 aliphatic rings. The van der Waals surface area contributed by atoms with E-state index in [2.05, 4.69) is 10.6 Å². The molecular weight excluding hydrogens is 426 g/mol. The van der Waals surface area contributed by atoms with Crippen LogP contribution in [-0.2, 0) is 11.3 Å². The van der Waals surface area contributed by atoms with Crippen molar-refractivity contribution in [1.82, 2.24) is 20.0 Å². The number of hydrogen-bond donors (Lipinski definition) is 2. The fraction of sp³-hybridized carbons (Fsp3) is 0.148. The number of benzene rings is 3. The zero-order valence-corrected chi connectivity index (χ0v) is 19.0. The van der Waals surface area contributed by atoms with Gasteiger partial charge in [0.1, 0.15) is 12.4 Å². The molecule has 0 unspecified atom stereocenters. The molecular formula is C27H27N5O2. The lowest BCUT2D eigenvalue weighted by Crippen LogP contribution is -2.43. The maximum atomic E-state index is 12.9. The van der Waals surface area contributed by atoms with Crippen LogP contribution in [0.3, 0.4) is 0 Å². The number of hydrogen-bond acceptors (Lipinski definition) is 3. The van der Waals surface area contributed by atoms with Crippen molar-refractivity contribution in [1.29, 1.82) is 0 Å². The van der Waals surface area contributed by atoms with Crippen molar-refractivity contribution in [2.75, 3.05) is 18.4 Å². The molecule has 0 saturated heterocycles. The highest BCUT2D eigenvalue weighted by Crippen LogP contribution is 2.24. The average molecular weight is 454 g/mol. The third kappa shape index (κ3) is 5.69. The summed E-state index contributed by atoms with van der Waals surface area (Å²) in [5.74, 6) is 0.240. The predicted molar refractivity (Wildman–Crippen MR) is 134 cm³/mol. The normalized spacial score (nSPS) is 10.5. The van der Waals surface area contributed by atoms with Crippen LogP contribution in [0.5, 0.6) is 0 Å². The summed E-state index contributed by atoms with van der Waals surface area (Å²) in [5.41, 5.74) is 3.51. The smallest absolute Gasteiger partial charge is 0.318 e. The molecule has 0 spiro atoms. The molecule has 0 fully saturated rings. The molecule has 3 aromatic carbocycles. The minimum absolute atomic E-state index is 0.0717. The summed E-state index contributed by atoms with van der Waals surface area (Å²) in [6, 6.07) is 30.6. The molecule has 0 bridgehead atoms. The van der Waals surface area contributed by atoms with Crippen LogP contribution in [0.2, 0.25) is 0 Å². The van der Waals surface area contributed by atoms with Crippen molar-refractivity contribution in [3.05, 3.63) is 103 Å². The Morgan fingerprint density at radius 2 is 1.50 bits per heavy atom. The third-order valence-electron chi connectivity index (χ3n) is 5.34. The number of anilines is 1. The van der Waals surface area contributed by atoms with Gasteiger partial charge in [-0.3, -0.25) is 4.79 Å². The van der Waals surface area contributed by atoms with Gasteiger partial charge in [-0.25, -0.2) is 9.48 Å². The van der Waals surface area contributed by atoms with Crippen molar-refractivity contribution < 1.29 is 9.59 Å². The van der Waals surface area contributed by atoms with Crippen LogP contribution in [0.1, 0.15) is 12.5 Å². The fourth-order valence-electron chi connectivity index (χ4n) is 3.55. The standard InChI is InChI=1S/C27H27N5O2/c1-2-31(27(34)28-19-21-12-6-3-7-13-21)20-26(33)29-25-18-24(22-14-8-4-9-15-22)30-32(25)23-16-10-5-11-17-23/h3-18H,2,19-20H2,1H3,(H,28,34)(H,29,33). The van der Waals surface area contributed by atoms with Gasteiger partial charge < -0.3 is 15.5 Å². The van der Waals surface area contributed by atoms with E-state index in [1.807, 2.05) is 104 Å². The zero-order valence-electron chi connectivity index (χ0n) is 19.0. The van der Waals surface area contributed by atoms with Gasteiger partial charge in [0.25, 0.3) is 0 Å². The molecule has 4 rings (SSSR count). The lowest BCUT2D eigenvalue weighted by atomic mass is 10.1. The van der Waals surface area contributed by atoms with Crippen LogP contribution < -0.4 is 10.6 Å². The Morgan fingerprint density at radius 1 is 0.882 bits per heavy atom. The summed E-state index contributed by atoms with van der Waals surface area (Å²) in [4.78, 5) is 27.0. The topological polar surface area (TPSA) is 79.3 Å². The Labute approximate surface area is 199 Å². The van der Waals surface area contributed by atoms with Crippen LogP contribution in [0, 0.1) is 0 Å². The van der Waals surface area contributed by atoms with Crippen LogP contribution >= 0.6 is 0 Å². The summed E-state index contributed by atoms with van der Waals surface area (Å²) >= 11 is 0. The number of carbonyl (C=O) groups excluding carboxylic acids is 2. The first-order chi connectivity index (χ1) is 16.6. The highest BCUT2D eigenvalue weighted by Gasteiger charge is 2.18. The minimum Gasteiger partial charge on any atom is -0.334 e. The summed E-state index contributed by atoms with van der Waals surface area (Å²) in [6.07, 6.45) is 0. The second-order valence-corrected chi connectivity index (χ2v) is 7.73. The largest absolute Gasteiger partial charge is 0.334 e. The second kappa shape index (κ2) is 11.0. The number of amides is 3. The van der Waals surface area contributed by atoms with Gasteiger partial charge in [-0.2, -0.15) is 5.10 Å². The van der Waals surface area contributed by atoms with E-state index in [0.717, 1.165) is 22.5 Å². The summed E-state index contributed by atoms with van der Waals surface area (Å²) in [5, 5.41) is 10.5. The number of rotatable bonds is 8. The predicted octanol–water partition coefficient (Wildman–Crippen LogP) is 4.71. The Hall–Kier alpha value is -4.39. The molecule has 1 heterocycles. The lowest BCUT2D eigenvalue weighted by molar-refractivity contribution is -0.116. The van der Waals surface area contributed by atoms with E-state index in [1.165, 1.54) is 4.90 Å². The summed E-state index contributed by atoms with van der Waals surface area (Å²) in [7, 11) is 0. The Morgan fingerprint density at radius 3 is 2.15 bits per heavy atom. The van der Waals surface area contributed by atoms with E-state index < -0.39 is 0 Å². The Kier molecular flexibility index (Phi) is 7.35. The van der Waals surface area contributed by atoms with Gasteiger partial charge in [0, 0.05) is 24.7 Å². The highest BCUT2D eigenvalue weighted by molar-refractivity contribution is 5.94. The number of nitrogens with one attached hydrogen (secondary N) is 2. The molecule has 1 aromatic heterocycles. The van der Waals surface area contributed by atoms with Crippen LogP contribution in [0.15, 0.2) is 97.1 Å². The summed E-state index contributed by atoms with van der Waals surface area (Å²) < 4.78 is 1.70. The molecule has 2 N–H and O–H groups in total. The molecule has 34 heavy (non-hydrogen) atoms. The van der Waals surface area contributed by atoms with Gasteiger partial charge in [-0.15, -0.1) is 0 Å². The molecule has 7 heteroatoms. The van der Waals surface area contributed by atoms with Crippen molar-refractivity contribution >= 4 is 17.8 Å². The highest BCUT2D eigenvalue weighted by atomic mass is 16.2. The fourth-order valence-corrected chi connectivity index (χ4v) is 3.55. The molecule has 172 valence electrons. The van der Waals surface area contributed by atoms with Crippen LogP contribution in [0.4, 0.5) is 10.6 Å². The minimum atomic E-state index is -0.298. The molecule has 3 amide bonds. The van der Waals surface area contributed by atoms with Gasteiger partial charge in [-0.1, -0.05) is 78.9 Å². The van der Waals surface area contributed by atoms with Gasteiger partial charge in [0.15, 0.2) is 0 Å². The van der Waals surface area contributed by atoms with E-state index in [-0.39, 0.29) is 18.5 Å². The van der Waals surface area contributed by atoms with Crippen molar-refractivity contribution in [2.24, 2.45) is 0 Å². The van der Waals surface area contributed by atoms with Crippen LogP contribution in [0.25, 0.3) is 16.9 Å². The number of para-hydroxylation sites is 1. The van der Waals surface area contributed by atoms with E-state index in [4.69, 9.17) is 5.10 Å². The molecule has 0 aliphatic carbocycles. The number of likely N-dealkylation sites (N-methyl/N-ethyl adjacent to an activating group) is 1. The van der Waals surface area contributed by atoms with Crippen LogP contribution in [-0.4, -0.2) is 39.7 Å². The van der Waals surface area contributed by atoms with Gasteiger partial charge in [-0.05, 0) is 24.6 Å². The molecule has 4 aromatic rings. The third-order valence-corrected chi connectivity index (χ3v) is 5.34. The summed E-state index contributed by atoms with van der Waals surface area (Å²) in [6.45, 7) is 2.58. The maximum absolute atomic E-state index is 12.9. The first-order valence-corrected chi connectivity index (χ1v) is 11.2. The number of urea groups is 1. The Bertz CT molecular complexity index is 1220. The number of aromatic nitrogens is 2. The Balaban J connectivity index is 1.48. The second-order valence-electron chi connectivity index (χ2n) is 7.73. The SMILES string of the molecule is CCN(CC(=O)Nc1cc(-c2ccccc2)nn1-c1ccccc1)C(=O)NCc1ccccc1. The first-order valence-electron chi connectivity index (χ1n) is 11.2. The van der Waals surface area contributed by atoms with Gasteiger partial charge >= 0.3 is 6.03 Å². The quantitative estimate of drug-likeness (QED) is 0.406. The van der Waals surface area contributed by atoms with Gasteiger partial charge in [0.05, 0.1) is 11.4 Å².